The monoisotopic (exact) mass is 1160 g/mol. The lowest BCUT2D eigenvalue weighted by Crippen LogP contribution is -2.39. The SMILES string of the molecule is Cc1cc(I)cc(C(=O)NC2(C3CC3)CC2)c1NC(=O)c1cc(C(F)(F)F)nn1-c1ncccc1Cl.Cc1cc(I)cc2c(=O)oc(-c3cc(C(F)(F)F)nn3-c3ncccc3Cl)nc12. The van der Waals surface area contributed by atoms with Crippen molar-refractivity contribution in [1.29, 1.82) is 0 Å². The number of rotatable bonds is 8. The van der Waals surface area contributed by atoms with Crippen molar-refractivity contribution in [3.05, 3.63) is 134 Å². The van der Waals surface area contributed by atoms with Crippen LogP contribution in [0.15, 0.2) is 82.3 Å². The second kappa shape index (κ2) is 17.6. The van der Waals surface area contributed by atoms with E-state index < -0.39 is 41.0 Å². The molecule has 0 bridgehead atoms. The standard InChI is InChI=1S/C24H20ClF3IN5O2.C18H9ClF3IN4O2/c1-12-9-14(29)10-15(21(35)32-23(6-7-23)13-4-5-13)19(12)31-22(36)17-11-18(24(26,27)28)33-34(17)20-16(25)3-2-8-30-20;1-8-5-9(23)6-10-14(8)25-16(29-17(10)28)12-7-13(18(20,21)22)26-27(12)15-11(19)3-2-4-24-15/h2-3,8-11,13H,4-7H2,1H3,(H,31,36)(H,32,35);2-7H,1H3. The van der Waals surface area contributed by atoms with Gasteiger partial charge < -0.3 is 15.1 Å². The molecule has 2 aliphatic carbocycles. The van der Waals surface area contributed by atoms with Crippen LogP contribution in [0.1, 0.15) is 69.0 Å². The first-order valence-corrected chi connectivity index (χ1v) is 22.2. The van der Waals surface area contributed by atoms with E-state index in [0.717, 1.165) is 48.3 Å². The fourth-order valence-corrected chi connectivity index (χ4v) is 9.08. The van der Waals surface area contributed by atoms with Crippen molar-refractivity contribution in [1.82, 2.24) is 39.8 Å². The zero-order valence-electron chi connectivity index (χ0n) is 33.4. The Hall–Kier alpha value is -5.14. The smallest absolute Gasteiger partial charge is 0.401 e. The summed E-state index contributed by atoms with van der Waals surface area (Å²) in [7, 11) is 0. The molecule has 5 aromatic heterocycles. The van der Waals surface area contributed by atoms with E-state index >= 15 is 0 Å². The van der Waals surface area contributed by atoms with E-state index in [0.29, 0.717) is 28.6 Å². The third-order valence-corrected chi connectivity index (χ3v) is 12.3. The Morgan fingerprint density at radius 3 is 1.95 bits per heavy atom. The molecular weight excluding hydrogens is 1130 g/mol. The summed E-state index contributed by atoms with van der Waals surface area (Å²) in [6.45, 7) is 3.46. The summed E-state index contributed by atoms with van der Waals surface area (Å²) in [6, 6.07) is 14.1. The van der Waals surface area contributed by atoms with Gasteiger partial charge in [0.25, 0.3) is 11.8 Å². The van der Waals surface area contributed by atoms with E-state index in [1.165, 1.54) is 36.7 Å². The average Bonchev–Trinajstić information content (AvgIpc) is 4.14. The van der Waals surface area contributed by atoms with Gasteiger partial charge in [0.15, 0.2) is 23.0 Å². The number of halogens is 10. The third-order valence-electron chi connectivity index (χ3n) is 10.5. The van der Waals surface area contributed by atoms with Gasteiger partial charge in [-0.3, -0.25) is 9.59 Å². The molecule has 5 heterocycles. The number of amides is 2. The molecule has 2 N–H and O–H groups in total. The van der Waals surface area contributed by atoms with E-state index in [2.05, 4.69) is 58.4 Å². The molecule has 13 nitrogen and oxygen atoms in total. The van der Waals surface area contributed by atoms with Crippen LogP contribution in [0.5, 0.6) is 0 Å². The second-order valence-electron chi connectivity index (χ2n) is 15.2. The zero-order chi connectivity index (χ0) is 46.7. The topological polar surface area (TPSA) is 163 Å². The maximum Gasteiger partial charge on any atom is 0.435 e. The second-order valence-corrected chi connectivity index (χ2v) is 18.5. The summed E-state index contributed by atoms with van der Waals surface area (Å²) >= 11 is 16.4. The van der Waals surface area contributed by atoms with Crippen molar-refractivity contribution >= 4 is 96.8 Å². The van der Waals surface area contributed by atoms with Crippen molar-refractivity contribution in [3.63, 3.8) is 0 Å². The van der Waals surface area contributed by atoms with Crippen LogP contribution in [0.3, 0.4) is 0 Å². The highest BCUT2D eigenvalue weighted by Gasteiger charge is 2.55. The maximum atomic E-state index is 13.5. The molecule has 2 aromatic carbocycles. The maximum absolute atomic E-state index is 13.5. The molecule has 2 amide bonds. The van der Waals surface area contributed by atoms with Gasteiger partial charge in [0.1, 0.15) is 11.4 Å². The number of pyridine rings is 2. The number of anilines is 1. The third kappa shape index (κ3) is 9.73. The van der Waals surface area contributed by atoms with Crippen LogP contribution in [0.25, 0.3) is 34.1 Å². The first kappa shape index (κ1) is 46.4. The van der Waals surface area contributed by atoms with Crippen LogP contribution < -0.4 is 16.3 Å². The summed E-state index contributed by atoms with van der Waals surface area (Å²) in [4.78, 5) is 51.4. The van der Waals surface area contributed by atoms with Crippen LogP contribution in [-0.4, -0.2) is 51.9 Å². The molecule has 2 saturated carbocycles. The molecule has 2 aliphatic rings. The van der Waals surface area contributed by atoms with Gasteiger partial charge in [0.2, 0.25) is 5.89 Å². The van der Waals surface area contributed by atoms with Gasteiger partial charge in [-0.1, -0.05) is 23.2 Å². The molecule has 0 unspecified atom stereocenters. The quantitative estimate of drug-likeness (QED) is 0.111. The fourth-order valence-electron chi connectivity index (χ4n) is 7.12. The Morgan fingerprint density at radius 2 is 1.37 bits per heavy atom. The van der Waals surface area contributed by atoms with Crippen molar-refractivity contribution in [2.45, 2.75) is 57.4 Å². The Kier molecular flexibility index (Phi) is 12.6. The van der Waals surface area contributed by atoms with Gasteiger partial charge in [-0.2, -0.15) is 36.5 Å². The minimum atomic E-state index is -4.80. The normalized spacial score (nSPS) is 14.5. The van der Waals surface area contributed by atoms with E-state index in [1.54, 1.807) is 38.1 Å². The van der Waals surface area contributed by atoms with Crippen molar-refractivity contribution < 1.29 is 40.3 Å². The molecule has 65 heavy (non-hydrogen) atoms. The van der Waals surface area contributed by atoms with Crippen molar-refractivity contribution in [3.8, 4) is 23.2 Å². The van der Waals surface area contributed by atoms with Gasteiger partial charge in [0, 0.05) is 37.2 Å². The minimum Gasteiger partial charge on any atom is -0.401 e. The van der Waals surface area contributed by atoms with Gasteiger partial charge in [-0.15, -0.1) is 0 Å². The predicted molar refractivity (Wildman–Crippen MR) is 243 cm³/mol. The molecule has 0 aliphatic heterocycles. The molecule has 0 saturated heterocycles. The number of nitrogens with one attached hydrogen (secondary N) is 2. The summed E-state index contributed by atoms with van der Waals surface area (Å²) in [5.41, 5.74) is -1.94. The highest BCUT2D eigenvalue weighted by Crippen LogP contribution is 2.54. The first-order chi connectivity index (χ1) is 30.6. The van der Waals surface area contributed by atoms with Crippen LogP contribution in [0.2, 0.25) is 10.0 Å². The summed E-state index contributed by atoms with van der Waals surface area (Å²) in [5.74, 6) is -1.24. The molecule has 7 aromatic rings. The number of alkyl halides is 6. The fraction of sp³-hybridized carbons (Fsp3) is 0.238. The number of carbonyl (C=O) groups excluding carboxylic acids is 2. The molecule has 336 valence electrons. The summed E-state index contributed by atoms with van der Waals surface area (Å²) < 4.78 is 88.9. The molecule has 0 radical (unpaired) electrons. The van der Waals surface area contributed by atoms with E-state index in [9.17, 15) is 40.7 Å². The molecular formula is C42H29Cl2F6I2N9O4. The largest absolute Gasteiger partial charge is 0.435 e. The Balaban J connectivity index is 0.000000181. The van der Waals surface area contributed by atoms with Crippen molar-refractivity contribution in [2.24, 2.45) is 5.92 Å². The lowest BCUT2D eigenvalue weighted by Gasteiger charge is -2.20. The number of hydrogen-bond donors (Lipinski definition) is 2. The molecule has 0 atom stereocenters. The van der Waals surface area contributed by atoms with Crippen LogP contribution in [-0.2, 0) is 12.4 Å². The van der Waals surface area contributed by atoms with Gasteiger partial charge in [0.05, 0.1) is 32.2 Å². The first-order valence-electron chi connectivity index (χ1n) is 19.2. The summed E-state index contributed by atoms with van der Waals surface area (Å²) in [5, 5.41) is 13.2. The zero-order valence-corrected chi connectivity index (χ0v) is 39.2. The molecule has 23 heteroatoms. The average molecular weight is 1160 g/mol. The van der Waals surface area contributed by atoms with Crippen molar-refractivity contribution in [2.75, 3.05) is 5.32 Å². The number of hydrogen-bond acceptors (Lipinski definition) is 9. The number of carbonyl (C=O) groups is 2. The van der Waals surface area contributed by atoms with E-state index in [-0.39, 0.29) is 61.3 Å². The van der Waals surface area contributed by atoms with Crippen LogP contribution >= 0.6 is 68.4 Å². The molecule has 9 rings (SSSR count). The number of benzene rings is 2. The lowest BCUT2D eigenvalue weighted by molar-refractivity contribution is -0.142. The van der Waals surface area contributed by atoms with Crippen LogP contribution in [0.4, 0.5) is 32.0 Å². The minimum absolute atomic E-state index is 0.0173. The molecule has 2 fully saturated rings. The van der Waals surface area contributed by atoms with E-state index in [4.69, 9.17) is 27.6 Å². The summed E-state index contributed by atoms with van der Waals surface area (Å²) in [6.07, 6.45) is -2.85. The number of fused-ring (bicyclic) bond motifs is 1. The Labute approximate surface area is 400 Å². The number of aromatic nitrogens is 7. The molecule has 0 spiro atoms. The van der Waals surface area contributed by atoms with Gasteiger partial charge in [-0.25, -0.2) is 29.1 Å². The lowest BCUT2D eigenvalue weighted by atomic mass is 10.0. The highest BCUT2D eigenvalue weighted by molar-refractivity contribution is 14.1. The van der Waals surface area contributed by atoms with Crippen LogP contribution in [0, 0.1) is 26.9 Å². The van der Waals surface area contributed by atoms with Gasteiger partial charge in [-0.05, 0) is 150 Å². The Bertz CT molecular complexity index is 3110. The van der Waals surface area contributed by atoms with E-state index in [1.807, 2.05) is 22.6 Å². The number of aryl methyl sites for hydroxylation is 2. The predicted octanol–water partition coefficient (Wildman–Crippen LogP) is 10.8. The number of nitrogens with zero attached hydrogens (tertiary/aromatic N) is 7. The van der Waals surface area contributed by atoms with Gasteiger partial charge >= 0.3 is 18.0 Å². The highest BCUT2D eigenvalue weighted by atomic mass is 127. The Morgan fingerprint density at radius 1 is 0.800 bits per heavy atom.